The number of carbonyl (C=O) groups excluding carboxylic acids is 2. The maximum absolute atomic E-state index is 12.5. The van der Waals surface area contributed by atoms with Gasteiger partial charge < -0.3 is 15.0 Å². The lowest BCUT2D eigenvalue weighted by Crippen LogP contribution is -2.69. The van der Waals surface area contributed by atoms with Gasteiger partial charge in [-0.3, -0.25) is 9.59 Å². The van der Waals surface area contributed by atoms with Gasteiger partial charge in [0.2, 0.25) is 11.8 Å². The zero-order chi connectivity index (χ0) is 14.8. The molecule has 2 aliphatic rings. The lowest BCUT2D eigenvalue weighted by Gasteiger charge is -2.47. The van der Waals surface area contributed by atoms with Crippen LogP contribution >= 0.6 is 0 Å². The van der Waals surface area contributed by atoms with Gasteiger partial charge in [0.25, 0.3) is 0 Å². The minimum Gasteiger partial charge on any atom is -0.378 e. The third kappa shape index (κ3) is 2.55. The van der Waals surface area contributed by atoms with Crippen LogP contribution in [0.4, 0.5) is 0 Å². The number of piperazine rings is 1. The van der Waals surface area contributed by atoms with Gasteiger partial charge in [-0.2, -0.15) is 0 Å². The van der Waals surface area contributed by atoms with Crippen molar-refractivity contribution in [3.8, 4) is 0 Å². The molecule has 5 nitrogen and oxygen atoms in total. The second-order valence-electron chi connectivity index (χ2n) is 5.85. The molecule has 0 bridgehead atoms. The number of rotatable bonds is 5. The average molecular weight is 282 g/mol. The molecule has 0 aliphatic carbocycles. The number of ether oxygens (including phenoxy) is 1. The predicted octanol–water partition coefficient (Wildman–Crippen LogP) is 1.46. The predicted molar refractivity (Wildman–Crippen MR) is 76.2 cm³/mol. The summed E-state index contributed by atoms with van der Waals surface area (Å²) in [7, 11) is 0. The van der Waals surface area contributed by atoms with Crippen LogP contribution in [0, 0.1) is 0 Å². The Morgan fingerprint density at radius 1 is 1.35 bits per heavy atom. The highest BCUT2D eigenvalue weighted by atomic mass is 16.5. The van der Waals surface area contributed by atoms with Crippen LogP contribution in [0.25, 0.3) is 0 Å². The van der Waals surface area contributed by atoms with E-state index >= 15 is 0 Å². The highest BCUT2D eigenvalue weighted by molar-refractivity contribution is 5.99. The number of hydrogen-bond acceptors (Lipinski definition) is 3. The molecule has 0 radical (unpaired) electrons. The molecule has 2 amide bonds. The van der Waals surface area contributed by atoms with Gasteiger partial charge in [-0.05, 0) is 39.0 Å². The maximum atomic E-state index is 12.5. The fourth-order valence-electron chi connectivity index (χ4n) is 3.38. The summed E-state index contributed by atoms with van der Waals surface area (Å²) < 4.78 is 5.63. The van der Waals surface area contributed by atoms with E-state index in [1.807, 2.05) is 13.8 Å². The van der Waals surface area contributed by atoms with Crippen molar-refractivity contribution in [3.05, 3.63) is 0 Å². The standard InChI is InChI=1S/C15H26N2O3/c1-4-15(5-2)14(19)16-11(3)13(18)17(15)9-8-12-7-6-10-20-12/h11-12H,4-10H2,1-3H3,(H,16,19). The second kappa shape index (κ2) is 6.12. The summed E-state index contributed by atoms with van der Waals surface area (Å²) in [6.07, 6.45) is 4.54. The summed E-state index contributed by atoms with van der Waals surface area (Å²) in [6.45, 7) is 7.15. The van der Waals surface area contributed by atoms with E-state index in [4.69, 9.17) is 4.74 Å². The molecule has 0 aromatic rings. The van der Waals surface area contributed by atoms with Gasteiger partial charge in [0.05, 0.1) is 6.10 Å². The van der Waals surface area contributed by atoms with Crippen LogP contribution in [-0.4, -0.2) is 47.6 Å². The van der Waals surface area contributed by atoms with Gasteiger partial charge >= 0.3 is 0 Å². The highest BCUT2D eigenvalue weighted by Crippen LogP contribution is 2.30. The molecule has 2 atom stereocenters. The Morgan fingerprint density at radius 2 is 2.05 bits per heavy atom. The Morgan fingerprint density at radius 3 is 2.60 bits per heavy atom. The molecule has 0 spiro atoms. The van der Waals surface area contributed by atoms with Crippen molar-refractivity contribution >= 4 is 11.8 Å². The molecule has 2 aliphatic heterocycles. The average Bonchev–Trinajstić information content (AvgIpc) is 2.95. The van der Waals surface area contributed by atoms with Gasteiger partial charge in [-0.15, -0.1) is 0 Å². The monoisotopic (exact) mass is 282 g/mol. The van der Waals surface area contributed by atoms with Crippen LogP contribution in [0.1, 0.15) is 52.9 Å². The smallest absolute Gasteiger partial charge is 0.246 e. The van der Waals surface area contributed by atoms with Crippen molar-refractivity contribution < 1.29 is 14.3 Å². The van der Waals surface area contributed by atoms with Gasteiger partial charge in [-0.25, -0.2) is 0 Å². The van der Waals surface area contributed by atoms with E-state index in [9.17, 15) is 9.59 Å². The molecular formula is C15H26N2O3. The first kappa shape index (κ1) is 15.3. The van der Waals surface area contributed by atoms with E-state index < -0.39 is 11.6 Å². The molecular weight excluding hydrogens is 256 g/mol. The van der Waals surface area contributed by atoms with Crippen LogP contribution in [0.5, 0.6) is 0 Å². The summed E-state index contributed by atoms with van der Waals surface area (Å²) in [4.78, 5) is 26.7. The molecule has 2 saturated heterocycles. The maximum Gasteiger partial charge on any atom is 0.246 e. The number of hydrogen-bond donors (Lipinski definition) is 1. The third-order valence-corrected chi connectivity index (χ3v) is 4.79. The zero-order valence-corrected chi connectivity index (χ0v) is 12.8. The molecule has 1 N–H and O–H groups in total. The van der Waals surface area contributed by atoms with Crippen molar-refractivity contribution in [3.63, 3.8) is 0 Å². The van der Waals surface area contributed by atoms with Crippen molar-refractivity contribution in [2.75, 3.05) is 13.2 Å². The van der Waals surface area contributed by atoms with Crippen LogP contribution in [-0.2, 0) is 14.3 Å². The summed E-state index contributed by atoms with van der Waals surface area (Å²) in [5.74, 6) is 0.0215. The van der Waals surface area contributed by atoms with Gasteiger partial charge in [0.15, 0.2) is 0 Å². The van der Waals surface area contributed by atoms with Crippen molar-refractivity contribution in [2.45, 2.75) is 70.6 Å². The first-order valence-electron chi connectivity index (χ1n) is 7.79. The Labute approximate surface area is 121 Å². The molecule has 2 rings (SSSR count). The van der Waals surface area contributed by atoms with E-state index in [1.165, 1.54) is 0 Å². The first-order valence-corrected chi connectivity index (χ1v) is 7.79. The normalized spacial score (nSPS) is 29.6. The van der Waals surface area contributed by atoms with Gasteiger partial charge in [0.1, 0.15) is 11.6 Å². The number of amides is 2. The molecule has 2 fully saturated rings. The highest BCUT2D eigenvalue weighted by Gasteiger charge is 2.49. The zero-order valence-electron chi connectivity index (χ0n) is 12.8. The van der Waals surface area contributed by atoms with Crippen LogP contribution in [0.2, 0.25) is 0 Å². The van der Waals surface area contributed by atoms with Gasteiger partial charge in [0, 0.05) is 13.2 Å². The summed E-state index contributed by atoms with van der Waals surface area (Å²) in [5, 5.41) is 2.82. The quantitative estimate of drug-likeness (QED) is 0.830. The molecule has 2 unspecified atom stereocenters. The molecule has 0 saturated carbocycles. The Kier molecular flexibility index (Phi) is 4.68. The SMILES string of the molecule is CCC1(CC)C(=O)NC(C)C(=O)N1CCC1CCCO1. The number of nitrogens with one attached hydrogen (secondary N) is 1. The van der Waals surface area contributed by atoms with Crippen LogP contribution in [0.15, 0.2) is 0 Å². The first-order chi connectivity index (χ1) is 9.55. The Hall–Kier alpha value is -1.10. The van der Waals surface area contributed by atoms with E-state index in [-0.39, 0.29) is 17.9 Å². The fourth-order valence-corrected chi connectivity index (χ4v) is 3.38. The minimum atomic E-state index is -0.678. The summed E-state index contributed by atoms with van der Waals surface area (Å²) in [5.41, 5.74) is -0.678. The van der Waals surface area contributed by atoms with E-state index in [2.05, 4.69) is 5.32 Å². The van der Waals surface area contributed by atoms with Crippen molar-refractivity contribution in [1.29, 1.82) is 0 Å². The number of nitrogens with zero attached hydrogens (tertiary/aromatic N) is 1. The molecule has 20 heavy (non-hydrogen) atoms. The van der Waals surface area contributed by atoms with Crippen molar-refractivity contribution in [2.24, 2.45) is 0 Å². The Balaban J connectivity index is 2.13. The summed E-state index contributed by atoms with van der Waals surface area (Å²) in [6, 6.07) is -0.418. The van der Waals surface area contributed by atoms with Crippen molar-refractivity contribution in [1.82, 2.24) is 10.2 Å². The molecule has 2 heterocycles. The van der Waals surface area contributed by atoms with E-state index in [0.717, 1.165) is 25.9 Å². The summed E-state index contributed by atoms with van der Waals surface area (Å²) >= 11 is 0. The molecule has 114 valence electrons. The topological polar surface area (TPSA) is 58.6 Å². The lowest BCUT2D eigenvalue weighted by atomic mass is 9.85. The number of carbonyl (C=O) groups is 2. The molecule has 0 aromatic heterocycles. The Bertz CT molecular complexity index is 373. The minimum absolute atomic E-state index is 0.0121. The third-order valence-electron chi connectivity index (χ3n) is 4.79. The second-order valence-corrected chi connectivity index (χ2v) is 5.85. The van der Waals surface area contributed by atoms with E-state index in [1.54, 1.807) is 11.8 Å². The van der Waals surface area contributed by atoms with Gasteiger partial charge in [-0.1, -0.05) is 13.8 Å². The molecule has 5 heteroatoms. The molecule has 0 aromatic carbocycles. The lowest BCUT2D eigenvalue weighted by molar-refractivity contribution is -0.158. The van der Waals surface area contributed by atoms with Crippen LogP contribution in [0.3, 0.4) is 0 Å². The fraction of sp³-hybridized carbons (Fsp3) is 0.867. The largest absolute Gasteiger partial charge is 0.378 e. The van der Waals surface area contributed by atoms with E-state index in [0.29, 0.717) is 19.4 Å². The van der Waals surface area contributed by atoms with Crippen LogP contribution < -0.4 is 5.32 Å².